The number of aliphatic hydroxyl groups is 6. The maximum atomic E-state index is 12.3. The first kappa shape index (κ1) is 39.5. The Morgan fingerprint density at radius 1 is 0.911 bits per heavy atom. The Kier molecular flexibility index (Phi) is 16.3. The molecule has 1 heterocycles. The number of hydrogen-bond donors (Lipinski definition) is 12. The Bertz CT molecular complexity index is 953. The summed E-state index contributed by atoms with van der Waals surface area (Å²) in [6.45, 7) is 3.03. The number of amides is 3. The van der Waals surface area contributed by atoms with Crippen molar-refractivity contribution < 1.29 is 54.5 Å². The number of rotatable bonds is 17. The first-order valence-electron chi connectivity index (χ1n) is 15.1. The minimum absolute atomic E-state index is 0.0337. The maximum absolute atomic E-state index is 12.3. The highest BCUT2D eigenvalue weighted by molar-refractivity contribution is 7.99. The molecular formula is C27H52N6O11S. The average molecular weight is 669 g/mol. The van der Waals surface area contributed by atoms with E-state index in [-0.39, 0.29) is 50.8 Å². The first-order chi connectivity index (χ1) is 21.1. The summed E-state index contributed by atoms with van der Waals surface area (Å²) in [6.07, 6.45) is -9.48. The SMILES string of the molecule is CC(C)(CO)[C@@H](O)C(=O)NCCC(=O)NCCSCCCC(=O)NC[C@H]1O[C@H](OC2[C@@H](N)C[C@@H](N)[C@H](O)[C@H]2O)[C@H](N)[C@@H](O)[C@@H]1O. The van der Waals surface area contributed by atoms with Crippen LogP contribution in [0.15, 0.2) is 0 Å². The van der Waals surface area contributed by atoms with Crippen molar-refractivity contribution in [1.29, 1.82) is 0 Å². The van der Waals surface area contributed by atoms with Crippen molar-refractivity contribution in [2.24, 2.45) is 22.6 Å². The van der Waals surface area contributed by atoms with E-state index in [0.717, 1.165) is 0 Å². The highest BCUT2D eigenvalue weighted by atomic mass is 32.2. The zero-order valence-electron chi connectivity index (χ0n) is 25.8. The van der Waals surface area contributed by atoms with Crippen molar-refractivity contribution in [2.45, 2.75) is 107 Å². The van der Waals surface area contributed by atoms with Crippen molar-refractivity contribution in [1.82, 2.24) is 16.0 Å². The molecule has 0 spiro atoms. The van der Waals surface area contributed by atoms with Crippen molar-refractivity contribution in [3.8, 4) is 0 Å². The Labute approximate surface area is 266 Å². The van der Waals surface area contributed by atoms with Crippen LogP contribution in [0.5, 0.6) is 0 Å². The Morgan fingerprint density at radius 3 is 2.24 bits per heavy atom. The molecule has 3 amide bonds. The van der Waals surface area contributed by atoms with E-state index in [1.54, 1.807) is 13.8 Å². The molecule has 18 heteroatoms. The molecule has 15 N–H and O–H groups in total. The lowest BCUT2D eigenvalue weighted by Gasteiger charge is -2.45. The van der Waals surface area contributed by atoms with Crippen LogP contribution in [0.1, 0.15) is 39.5 Å². The predicted octanol–water partition coefficient (Wildman–Crippen LogP) is -5.44. The normalized spacial score (nSPS) is 32.9. The lowest BCUT2D eigenvalue weighted by molar-refractivity contribution is -0.288. The molecule has 17 nitrogen and oxygen atoms in total. The summed E-state index contributed by atoms with van der Waals surface area (Å²) in [7, 11) is 0. The molecule has 2 fully saturated rings. The van der Waals surface area contributed by atoms with Gasteiger partial charge in [0.25, 0.3) is 0 Å². The molecule has 0 aromatic heterocycles. The van der Waals surface area contributed by atoms with Crippen molar-refractivity contribution >= 4 is 29.5 Å². The molecular weight excluding hydrogens is 616 g/mol. The summed E-state index contributed by atoms with van der Waals surface area (Å²) in [5.41, 5.74) is 16.8. The third kappa shape index (κ3) is 11.8. The topological polar surface area (TPSA) is 305 Å². The van der Waals surface area contributed by atoms with E-state index >= 15 is 0 Å². The first-order valence-corrected chi connectivity index (χ1v) is 16.2. The van der Waals surface area contributed by atoms with E-state index < -0.39 is 78.5 Å². The second-order valence-electron chi connectivity index (χ2n) is 12.2. The van der Waals surface area contributed by atoms with Gasteiger partial charge in [-0.05, 0) is 18.6 Å². The van der Waals surface area contributed by atoms with E-state index in [2.05, 4.69) is 16.0 Å². The zero-order chi connectivity index (χ0) is 33.9. The van der Waals surface area contributed by atoms with Gasteiger partial charge >= 0.3 is 0 Å². The number of aliphatic hydroxyl groups excluding tert-OH is 6. The van der Waals surface area contributed by atoms with Gasteiger partial charge in [-0.2, -0.15) is 11.8 Å². The van der Waals surface area contributed by atoms with E-state index in [1.807, 2.05) is 0 Å². The maximum Gasteiger partial charge on any atom is 0.249 e. The van der Waals surface area contributed by atoms with Crippen molar-refractivity contribution in [2.75, 3.05) is 37.7 Å². The second kappa shape index (κ2) is 18.6. The van der Waals surface area contributed by atoms with Gasteiger partial charge in [0, 0.05) is 55.7 Å². The van der Waals surface area contributed by atoms with Gasteiger partial charge in [0.1, 0.15) is 36.6 Å². The lowest BCUT2D eigenvalue weighted by atomic mass is 9.84. The van der Waals surface area contributed by atoms with Crippen LogP contribution in [-0.4, -0.2) is 153 Å². The number of carbonyl (C=O) groups is 3. The van der Waals surface area contributed by atoms with Crippen LogP contribution in [0, 0.1) is 5.41 Å². The third-order valence-corrected chi connectivity index (χ3v) is 9.01. The van der Waals surface area contributed by atoms with Gasteiger partial charge in [0.15, 0.2) is 6.29 Å². The van der Waals surface area contributed by atoms with Crippen LogP contribution < -0.4 is 33.2 Å². The average Bonchev–Trinajstić information content (AvgIpc) is 3.00. The van der Waals surface area contributed by atoms with E-state index in [0.29, 0.717) is 24.5 Å². The Hall–Kier alpha value is -1.68. The fourth-order valence-corrected chi connectivity index (χ4v) is 5.60. The van der Waals surface area contributed by atoms with Gasteiger partial charge in [0.05, 0.1) is 18.8 Å². The molecule has 11 atom stereocenters. The minimum Gasteiger partial charge on any atom is -0.396 e. The molecule has 2 aliphatic rings. The summed E-state index contributed by atoms with van der Waals surface area (Å²) >= 11 is 1.53. The van der Waals surface area contributed by atoms with Crippen LogP contribution in [-0.2, 0) is 23.9 Å². The van der Waals surface area contributed by atoms with Gasteiger partial charge < -0.3 is 73.3 Å². The molecule has 0 bridgehead atoms. The molecule has 262 valence electrons. The Balaban J connectivity index is 1.62. The number of nitrogens with one attached hydrogen (secondary N) is 3. The van der Waals surface area contributed by atoms with Crippen LogP contribution in [0.4, 0.5) is 0 Å². The monoisotopic (exact) mass is 668 g/mol. The minimum atomic E-state index is -1.46. The van der Waals surface area contributed by atoms with Gasteiger partial charge in [-0.3, -0.25) is 14.4 Å². The molecule has 1 saturated heterocycles. The van der Waals surface area contributed by atoms with Crippen molar-refractivity contribution in [3.63, 3.8) is 0 Å². The largest absolute Gasteiger partial charge is 0.396 e. The zero-order valence-corrected chi connectivity index (χ0v) is 26.6. The summed E-state index contributed by atoms with van der Waals surface area (Å²) in [5, 5.41) is 68.3. The molecule has 0 aromatic rings. The molecule has 0 radical (unpaired) electrons. The molecule has 1 unspecified atom stereocenters. The molecule has 1 aliphatic carbocycles. The van der Waals surface area contributed by atoms with E-state index in [9.17, 15) is 45.0 Å². The van der Waals surface area contributed by atoms with E-state index in [4.69, 9.17) is 26.7 Å². The highest BCUT2D eigenvalue weighted by Gasteiger charge is 2.48. The van der Waals surface area contributed by atoms with Crippen molar-refractivity contribution in [3.05, 3.63) is 0 Å². The van der Waals surface area contributed by atoms with Crippen LogP contribution in [0.2, 0.25) is 0 Å². The van der Waals surface area contributed by atoms with Gasteiger partial charge in [-0.1, -0.05) is 13.8 Å². The molecule has 1 aliphatic heterocycles. The Morgan fingerprint density at radius 2 is 1.58 bits per heavy atom. The predicted molar refractivity (Wildman–Crippen MR) is 163 cm³/mol. The smallest absolute Gasteiger partial charge is 0.249 e. The molecule has 2 rings (SSSR count). The number of ether oxygens (including phenoxy) is 2. The van der Waals surface area contributed by atoms with Crippen LogP contribution in [0.3, 0.4) is 0 Å². The van der Waals surface area contributed by atoms with Crippen LogP contribution >= 0.6 is 11.8 Å². The van der Waals surface area contributed by atoms with Gasteiger partial charge in [0.2, 0.25) is 17.7 Å². The standard InChI is InChI=1S/C27H52N6O11S/c1-27(2,12-34)24(41)25(42)32-6-5-17(36)31-7-9-45-8-3-4-16(35)33-11-15-20(38)21(39)18(30)26(43-15)44-23-14(29)10-13(28)19(37)22(23)40/h13-15,18-24,26,34,37-41H,3-12,28-30H2,1-2H3,(H,31,36)(H,32,42)(H,33,35)/t13-,14+,15-,18-,19+,20-,21-,22-,23?,24+,26-/m1/s1. The van der Waals surface area contributed by atoms with Crippen LogP contribution in [0.25, 0.3) is 0 Å². The fourth-order valence-electron chi connectivity index (χ4n) is 4.80. The summed E-state index contributed by atoms with van der Waals surface area (Å²) in [5.74, 6) is 0.0164. The summed E-state index contributed by atoms with van der Waals surface area (Å²) in [4.78, 5) is 36.2. The molecule has 0 aromatic carbocycles. The highest BCUT2D eigenvalue weighted by Crippen LogP contribution is 2.27. The van der Waals surface area contributed by atoms with Gasteiger partial charge in [-0.25, -0.2) is 0 Å². The summed E-state index contributed by atoms with van der Waals surface area (Å²) < 4.78 is 11.5. The number of thioether (sulfide) groups is 1. The molecule has 1 saturated carbocycles. The van der Waals surface area contributed by atoms with E-state index in [1.165, 1.54) is 11.8 Å². The fraction of sp³-hybridized carbons (Fsp3) is 0.889. The quantitative estimate of drug-likeness (QED) is 0.0644. The second-order valence-corrected chi connectivity index (χ2v) is 13.4. The number of carbonyl (C=O) groups excluding carboxylic acids is 3. The number of nitrogens with two attached hydrogens (primary N) is 3. The molecule has 45 heavy (non-hydrogen) atoms. The summed E-state index contributed by atoms with van der Waals surface area (Å²) in [6, 6.07) is -2.67. The number of hydrogen-bond acceptors (Lipinski definition) is 15. The lowest BCUT2D eigenvalue weighted by Crippen LogP contribution is -2.67. The third-order valence-electron chi connectivity index (χ3n) is 7.94. The van der Waals surface area contributed by atoms with Gasteiger partial charge in [-0.15, -0.1) is 0 Å².